The van der Waals surface area contributed by atoms with Gasteiger partial charge in [-0.15, -0.1) is 0 Å². The number of piperidine rings is 1. The van der Waals surface area contributed by atoms with E-state index in [0.717, 1.165) is 54.7 Å². The molecule has 0 aromatic heterocycles. The van der Waals surface area contributed by atoms with Crippen LogP contribution in [0.25, 0.3) is 0 Å². The number of hydrogen-bond acceptors (Lipinski definition) is 5. The Kier molecular flexibility index (Phi) is 6.93. The molecular weight excluding hydrogens is 494 g/mol. The van der Waals surface area contributed by atoms with Crippen LogP contribution in [0.3, 0.4) is 0 Å². The molecule has 4 atom stereocenters. The van der Waals surface area contributed by atoms with Crippen molar-refractivity contribution in [2.45, 2.75) is 76.2 Å². The zero-order valence-electron chi connectivity index (χ0n) is 22.6. The lowest BCUT2D eigenvalue weighted by Gasteiger charge is -2.29. The number of aliphatic hydroxyl groups excluding tert-OH is 1. The Morgan fingerprint density at radius 3 is 2.62 bits per heavy atom. The number of nitrogens with zero attached hydrogens (tertiary/aromatic N) is 3. The Bertz CT molecular complexity index is 1260. The van der Waals surface area contributed by atoms with E-state index in [1.165, 1.54) is 0 Å². The second-order valence-electron chi connectivity index (χ2n) is 11.5. The molecule has 8 heteroatoms. The first-order valence-corrected chi connectivity index (χ1v) is 14.3. The summed E-state index contributed by atoms with van der Waals surface area (Å²) in [6, 6.07) is 15.6. The zero-order valence-corrected chi connectivity index (χ0v) is 22.6. The monoisotopic (exact) mass is 531 g/mol. The van der Waals surface area contributed by atoms with Crippen molar-refractivity contribution in [1.82, 2.24) is 4.90 Å². The lowest BCUT2D eigenvalue weighted by atomic mass is 9.83. The van der Waals surface area contributed by atoms with Gasteiger partial charge in [0.2, 0.25) is 11.8 Å². The van der Waals surface area contributed by atoms with Gasteiger partial charge in [0.1, 0.15) is 0 Å². The number of hydrogen-bond donors (Lipinski definition) is 1. The van der Waals surface area contributed by atoms with Crippen LogP contribution in [0.2, 0.25) is 0 Å². The lowest BCUT2D eigenvalue weighted by Crippen LogP contribution is -2.44. The fourth-order valence-corrected chi connectivity index (χ4v) is 7.02. The molecule has 0 bridgehead atoms. The number of aliphatic hydroxyl groups is 1. The Labute approximate surface area is 229 Å². The highest BCUT2D eigenvalue weighted by molar-refractivity contribution is 6.07. The summed E-state index contributed by atoms with van der Waals surface area (Å²) < 4.78 is 6.59. The molecule has 1 spiro atoms. The molecule has 0 unspecified atom stereocenters. The molecule has 2 aromatic carbocycles. The van der Waals surface area contributed by atoms with Crippen LogP contribution >= 0.6 is 0 Å². The van der Waals surface area contributed by atoms with Gasteiger partial charge in [-0.25, -0.2) is 0 Å². The van der Waals surface area contributed by atoms with Gasteiger partial charge in [0.15, 0.2) is 5.60 Å². The lowest BCUT2D eigenvalue weighted by molar-refractivity contribution is -0.150. The molecule has 2 aromatic rings. The summed E-state index contributed by atoms with van der Waals surface area (Å²) in [5, 5.41) is 9.65. The molecule has 0 saturated carbocycles. The molecule has 3 amide bonds. The van der Waals surface area contributed by atoms with E-state index in [1.54, 1.807) is 9.80 Å². The Morgan fingerprint density at radius 2 is 1.85 bits per heavy atom. The van der Waals surface area contributed by atoms with Gasteiger partial charge in [-0.3, -0.25) is 14.4 Å². The number of amides is 3. The molecule has 4 heterocycles. The summed E-state index contributed by atoms with van der Waals surface area (Å²) in [5.41, 5.74) is 2.47. The zero-order chi connectivity index (χ0) is 27.1. The SMILES string of the molecule is C[C@@H]1C[C@H](CC(=O)N2CCC[C@H]2CO)O[C@@]12C(=O)N(Cc1ccc(N3CCCCC3=O)cc1)c1ccccc12. The van der Waals surface area contributed by atoms with Gasteiger partial charge in [0.05, 0.1) is 37.4 Å². The van der Waals surface area contributed by atoms with Gasteiger partial charge in [-0.1, -0.05) is 37.3 Å². The highest BCUT2D eigenvalue weighted by atomic mass is 16.5. The molecule has 0 radical (unpaired) electrons. The molecule has 3 saturated heterocycles. The van der Waals surface area contributed by atoms with Crippen LogP contribution in [0.4, 0.5) is 11.4 Å². The second-order valence-corrected chi connectivity index (χ2v) is 11.5. The van der Waals surface area contributed by atoms with E-state index in [2.05, 4.69) is 0 Å². The summed E-state index contributed by atoms with van der Waals surface area (Å²) in [5.74, 6) is -0.0234. The minimum Gasteiger partial charge on any atom is -0.394 e. The molecule has 6 rings (SSSR count). The third-order valence-electron chi connectivity index (χ3n) is 9.04. The average molecular weight is 532 g/mol. The summed E-state index contributed by atoms with van der Waals surface area (Å²) in [7, 11) is 0. The normalized spacial score (nSPS) is 28.6. The van der Waals surface area contributed by atoms with Crippen LogP contribution in [0, 0.1) is 5.92 Å². The smallest absolute Gasteiger partial charge is 0.264 e. The maximum absolute atomic E-state index is 14.2. The number of carbonyl (C=O) groups is 3. The second kappa shape index (κ2) is 10.4. The number of likely N-dealkylation sites (tertiary alicyclic amines) is 1. The molecule has 206 valence electrons. The maximum Gasteiger partial charge on any atom is 0.264 e. The number of para-hydroxylation sites is 1. The van der Waals surface area contributed by atoms with Crippen molar-refractivity contribution in [2.75, 3.05) is 29.5 Å². The van der Waals surface area contributed by atoms with Crippen molar-refractivity contribution in [3.05, 3.63) is 59.7 Å². The van der Waals surface area contributed by atoms with Gasteiger partial charge in [-0.05, 0) is 55.9 Å². The summed E-state index contributed by atoms with van der Waals surface area (Å²) in [6.45, 7) is 3.83. The minimum atomic E-state index is -1.11. The van der Waals surface area contributed by atoms with Crippen molar-refractivity contribution in [3.63, 3.8) is 0 Å². The van der Waals surface area contributed by atoms with E-state index < -0.39 is 5.60 Å². The third kappa shape index (κ3) is 4.43. The number of carbonyl (C=O) groups excluding carboxylic acids is 3. The van der Waals surface area contributed by atoms with E-state index in [9.17, 15) is 19.5 Å². The molecule has 0 aliphatic carbocycles. The molecule has 3 fully saturated rings. The molecule has 4 aliphatic heterocycles. The topological polar surface area (TPSA) is 90.4 Å². The average Bonchev–Trinajstić information content (AvgIpc) is 3.62. The quantitative estimate of drug-likeness (QED) is 0.613. The van der Waals surface area contributed by atoms with Crippen molar-refractivity contribution in [3.8, 4) is 0 Å². The van der Waals surface area contributed by atoms with Gasteiger partial charge < -0.3 is 24.5 Å². The number of anilines is 2. The van der Waals surface area contributed by atoms with Crippen molar-refractivity contribution in [1.29, 1.82) is 0 Å². The van der Waals surface area contributed by atoms with Crippen LogP contribution in [0.1, 0.15) is 63.0 Å². The van der Waals surface area contributed by atoms with E-state index in [0.29, 0.717) is 25.9 Å². The van der Waals surface area contributed by atoms with Crippen LogP contribution in [0.15, 0.2) is 48.5 Å². The summed E-state index contributed by atoms with van der Waals surface area (Å²) >= 11 is 0. The number of fused-ring (bicyclic) bond motifs is 2. The van der Waals surface area contributed by atoms with Gasteiger partial charge in [0.25, 0.3) is 5.91 Å². The Balaban J connectivity index is 1.21. The Hall–Kier alpha value is -3.23. The van der Waals surface area contributed by atoms with E-state index in [-0.39, 0.29) is 48.8 Å². The van der Waals surface area contributed by atoms with Crippen LogP contribution in [-0.2, 0) is 31.3 Å². The molecular formula is C31H37N3O5. The van der Waals surface area contributed by atoms with Gasteiger partial charge >= 0.3 is 0 Å². The van der Waals surface area contributed by atoms with E-state index >= 15 is 0 Å². The summed E-state index contributed by atoms with van der Waals surface area (Å²) in [6.07, 6.45) is 4.76. The van der Waals surface area contributed by atoms with Gasteiger partial charge in [-0.2, -0.15) is 0 Å². The highest BCUT2D eigenvalue weighted by Crippen LogP contribution is 2.53. The first-order valence-electron chi connectivity index (χ1n) is 14.3. The minimum absolute atomic E-state index is 0.0105. The first-order chi connectivity index (χ1) is 18.9. The van der Waals surface area contributed by atoms with E-state index in [1.807, 2.05) is 60.4 Å². The fourth-order valence-electron chi connectivity index (χ4n) is 7.02. The van der Waals surface area contributed by atoms with Crippen molar-refractivity contribution >= 4 is 29.1 Å². The predicted octanol–water partition coefficient (Wildman–Crippen LogP) is 3.74. The Morgan fingerprint density at radius 1 is 1.05 bits per heavy atom. The first kappa shape index (κ1) is 26.0. The van der Waals surface area contributed by atoms with E-state index in [4.69, 9.17) is 4.74 Å². The number of ether oxygens (including phenoxy) is 1. The van der Waals surface area contributed by atoms with Crippen molar-refractivity contribution in [2.24, 2.45) is 5.92 Å². The largest absolute Gasteiger partial charge is 0.394 e. The van der Waals surface area contributed by atoms with Crippen LogP contribution in [-0.4, -0.2) is 59.6 Å². The number of benzene rings is 2. The predicted molar refractivity (Wildman–Crippen MR) is 147 cm³/mol. The van der Waals surface area contributed by atoms with Gasteiger partial charge in [0, 0.05) is 36.7 Å². The number of rotatable bonds is 6. The van der Waals surface area contributed by atoms with Crippen LogP contribution < -0.4 is 9.80 Å². The summed E-state index contributed by atoms with van der Waals surface area (Å²) in [4.78, 5) is 45.0. The highest BCUT2D eigenvalue weighted by Gasteiger charge is 2.60. The van der Waals surface area contributed by atoms with Crippen molar-refractivity contribution < 1.29 is 24.2 Å². The third-order valence-corrected chi connectivity index (χ3v) is 9.04. The fraction of sp³-hybridized carbons (Fsp3) is 0.516. The maximum atomic E-state index is 14.2. The molecule has 4 aliphatic rings. The standard InChI is InChI=1S/C31H37N3O5/c1-21-17-25(18-29(37)33-16-6-7-24(33)20-35)39-31(21)26-8-2-3-9-27(26)34(30(31)38)19-22-11-13-23(14-12-22)32-15-5-4-10-28(32)36/h2-3,8-9,11-14,21,24-25,35H,4-7,10,15-20H2,1H3/t21-,24+,25-,31+/m1/s1. The molecule has 39 heavy (non-hydrogen) atoms. The van der Waals surface area contributed by atoms with Crippen LogP contribution in [0.5, 0.6) is 0 Å². The molecule has 8 nitrogen and oxygen atoms in total. The molecule has 1 N–H and O–H groups in total.